The number of hydrogen-bond donors (Lipinski definition) is 2. The quantitative estimate of drug-likeness (QED) is 0.555. The molecule has 0 heterocycles. The van der Waals surface area contributed by atoms with Crippen molar-refractivity contribution in [2.24, 2.45) is 0 Å². The van der Waals surface area contributed by atoms with Gasteiger partial charge in [0.25, 0.3) is 0 Å². The minimum atomic E-state index is -0.462. The molecule has 0 spiro atoms. The number of likely N-dealkylation sites (N-methyl/N-ethyl adjacent to an activating group) is 1. The number of quaternary nitrogens is 1. The van der Waals surface area contributed by atoms with Crippen LogP contribution in [-0.2, 0) is 4.74 Å². The Morgan fingerprint density at radius 1 is 1.15 bits per heavy atom. The Hall–Kier alpha value is -0.160. The summed E-state index contributed by atoms with van der Waals surface area (Å²) in [6, 6.07) is 0. The minimum Gasteiger partial charge on any atom is -0.391 e. The van der Waals surface area contributed by atoms with Crippen molar-refractivity contribution in [1.82, 2.24) is 0 Å². The fourth-order valence-corrected chi connectivity index (χ4v) is 1.06. The fourth-order valence-electron chi connectivity index (χ4n) is 1.06. The van der Waals surface area contributed by atoms with Crippen molar-refractivity contribution in [3.63, 3.8) is 0 Å². The van der Waals surface area contributed by atoms with Gasteiger partial charge < -0.3 is 19.4 Å². The molecule has 0 aromatic carbocycles. The number of aliphatic hydroxyl groups excluding tert-OH is 2. The molecule has 0 aliphatic rings. The summed E-state index contributed by atoms with van der Waals surface area (Å²) in [4.78, 5) is 0. The van der Waals surface area contributed by atoms with E-state index >= 15 is 0 Å². The van der Waals surface area contributed by atoms with Gasteiger partial charge in [-0.25, -0.2) is 0 Å². The molecular weight excluding hydrogens is 170 g/mol. The predicted octanol–water partition coefficient (Wildman–Crippen LogP) is -0.549. The average molecular weight is 192 g/mol. The van der Waals surface area contributed by atoms with Gasteiger partial charge in [0.2, 0.25) is 0 Å². The molecule has 13 heavy (non-hydrogen) atoms. The van der Waals surface area contributed by atoms with Gasteiger partial charge in [-0.15, -0.1) is 0 Å². The Morgan fingerprint density at radius 2 is 1.69 bits per heavy atom. The zero-order valence-electron chi connectivity index (χ0n) is 9.03. The van der Waals surface area contributed by atoms with E-state index in [4.69, 9.17) is 9.84 Å². The van der Waals surface area contributed by atoms with Gasteiger partial charge in [-0.2, -0.15) is 0 Å². The van der Waals surface area contributed by atoms with E-state index in [1.54, 1.807) is 6.92 Å². The lowest BCUT2D eigenvalue weighted by molar-refractivity contribution is -0.873. The van der Waals surface area contributed by atoms with Gasteiger partial charge in [-0.05, 0) is 6.92 Å². The number of ether oxygens (including phenoxy) is 1. The van der Waals surface area contributed by atoms with E-state index in [-0.39, 0.29) is 6.61 Å². The third-order valence-electron chi connectivity index (χ3n) is 1.43. The van der Waals surface area contributed by atoms with Crippen molar-refractivity contribution in [2.75, 3.05) is 40.9 Å². The Balaban J connectivity index is 3.46. The van der Waals surface area contributed by atoms with Crippen molar-refractivity contribution >= 4 is 0 Å². The monoisotopic (exact) mass is 192 g/mol. The van der Waals surface area contributed by atoms with Gasteiger partial charge in [0.05, 0.1) is 40.5 Å². The predicted molar refractivity (Wildman–Crippen MR) is 51.4 cm³/mol. The second kappa shape index (κ2) is 5.54. The van der Waals surface area contributed by atoms with Gasteiger partial charge in [0, 0.05) is 0 Å². The van der Waals surface area contributed by atoms with E-state index in [0.717, 1.165) is 0 Å². The van der Waals surface area contributed by atoms with Crippen LogP contribution in [0.2, 0.25) is 0 Å². The van der Waals surface area contributed by atoms with E-state index in [1.807, 2.05) is 21.1 Å². The minimum absolute atomic E-state index is 0.286. The SMILES string of the molecule is CC(O)COCC(O)C[N+](C)(C)C. The molecule has 2 N–H and O–H groups in total. The molecular formula is C9H22NO3+. The zero-order chi connectivity index (χ0) is 10.5. The molecule has 2 unspecified atom stereocenters. The number of aliphatic hydroxyl groups is 2. The first-order valence-corrected chi connectivity index (χ1v) is 4.55. The molecule has 0 bridgehead atoms. The Labute approximate surface area is 80.3 Å². The Bertz CT molecular complexity index is 131. The molecule has 0 aromatic rings. The van der Waals surface area contributed by atoms with Gasteiger partial charge in [-0.3, -0.25) is 0 Å². The van der Waals surface area contributed by atoms with Crippen LogP contribution in [0.4, 0.5) is 0 Å². The van der Waals surface area contributed by atoms with Gasteiger partial charge in [0.1, 0.15) is 12.6 Å². The summed E-state index contributed by atoms with van der Waals surface area (Å²) in [5.74, 6) is 0. The van der Waals surface area contributed by atoms with Crippen LogP contribution in [0.3, 0.4) is 0 Å². The van der Waals surface area contributed by atoms with Gasteiger partial charge in [-0.1, -0.05) is 0 Å². The maximum absolute atomic E-state index is 9.48. The lowest BCUT2D eigenvalue weighted by Gasteiger charge is -2.26. The van der Waals surface area contributed by atoms with Gasteiger partial charge >= 0.3 is 0 Å². The molecule has 0 amide bonds. The standard InChI is InChI=1S/C9H22NO3/c1-8(11)6-13-7-9(12)5-10(2,3)4/h8-9,11-12H,5-7H2,1-4H3/q+1. The fraction of sp³-hybridized carbons (Fsp3) is 1.00. The Morgan fingerprint density at radius 3 is 2.08 bits per heavy atom. The highest BCUT2D eigenvalue weighted by molar-refractivity contribution is 4.52. The molecule has 0 fully saturated rings. The van der Waals surface area contributed by atoms with Gasteiger partial charge in [0.15, 0.2) is 0 Å². The molecule has 80 valence electrons. The summed E-state index contributed by atoms with van der Waals surface area (Å²) >= 11 is 0. The molecule has 4 heteroatoms. The summed E-state index contributed by atoms with van der Waals surface area (Å²) in [7, 11) is 6.04. The number of hydrogen-bond acceptors (Lipinski definition) is 3. The van der Waals surface area contributed by atoms with Crippen molar-refractivity contribution in [3.8, 4) is 0 Å². The molecule has 2 atom stereocenters. The normalized spacial score (nSPS) is 17.1. The molecule has 0 saturated heterocycles. The highest BCUT2D eigenvalue weighted by Gasteiger charge is 2.15. The van der Waals surface area contributed by atoms with Crippen LogP contribution in [0, 0.1) is 0 Å². The largest absolute Gasteiger partial charge is 0.391 e. The highest BCUT2D eigenvalue weighted by Crippen LogP contribution is 1.96. The third-order valence-corrected chi connectivity index (χ3v) is 1.43. The second-order valence-corrected chi connectivity index (χ2v) is 4.51. The topological polar surface area (TPSA) is 49.7 Å². The molecule has 0 rings (SSSR count). The molecule has 0 aliphatic carbocycles. The highest BCUT2D eigenvalue weighted by atomic mass is 16.5. The molecule has 4 nitrogen and oxygen atoms in total. The van der Waals surface area contributed by atoms with E-state index in [2.05, 4.69) is 0 Å². The smallest absolute Gasteiger partial charge is 0.126 e. The summed E-state index contributed by atoms with van der Waals surface area (Å²) in [5, 5.41) is 18.4. The lowest BCUT2D eigenvalue weighted by Crippen LogP contribution is -2.43. The summed E-state index contributed by atoms with van der Waals surface area (Å²) in [5.41, 5.74) is 0. The van der Waals surface area contributed by atoms with Crippen LogP contribution in [0.1, 0.15) is 6.92 Å². The Kier molecular flexibility index (Phi) is 5.48. The van der Waals surface area contributed by atoms with E-state index < -0.39 is 12.2 Å². The van der Waals surface area contributed by atoms with Crippen LogP contribution < -0.4 is 0 Å². The van der Waals surface area contributed by atoms with E-state index in [1.165, 1.54) is 0 Å². The molecule has 0 radical (unpaired) electrons. The maximum Gasteiger partial charge on any atom is 0.126 e. The summed E-state index contributed by atoms with van der Waals surface area (Å²) in [6.45, 7) is 2.89. The molecule has 0 aromatic heterocycles. The van der Waals surface area contributed by atoms with Crippen molar-refractivity contribution in [1.29, 1.82) is 0 Å². The maximum atomic E-state index is 9.48. The van der Waals surface area contributed by atoms with E-state index in [0.29, 0.717) is 17.6 Å². The molecule has 0 aliphatic heterocycles. The first-order chi connectivity index (χ1) is 5.81. The van der Waals surface area contributed by atoms with Crippen LogP contribution in [0.5, 0.6) is 0 Å². The lowest BCUT2D eigenvalue weighted by atomic mass is 10.3. The average Bonchev–Trinajstić information content (AvgIpc) is 1.81. The van der Waals surface area contributed by atoms with Crippen molar-refractivity contribution in [2.45, 2.75) is 19.1 Å². The van der Waals surface area contributed by atoms with E-state index in [9.17, 15) is 5.11 Å². The van der Waals surface area contributed by atoms with Crippen LogP contribution >= 0.6 is 0 Å². The van der Waals surface area contributed by atoms with Crippen molar-refractivity contribution < 1.29 is 19.4 Å². The number of rotatable bonds is 6. The van der Waals surface area contributed by atoms with Crippen LogP contribution in [0.15, 0.2) is 0 Å². The number of nitrogens with zero attached hydrogens (tertiary/aromatic N) is 1. The zero-order valence-corrected chi connectivity index (χ0v) is 9.03. The molecule has 0 saturated carbocycles. The first kappa shape index (κ1) is 12.8. The summed E-state index contributed by atoms with van der Waals surface area (Å²) < 4.78 is 5.80. The van der Waals surface area contributed by atoms with Crippen LogP contribution in [-0.4, -0.2) is 67.8 Å². The van der Waals surface area contributed by atoms with Crippen LogP contribution in [0.25, 0.3) is 0 Å². The third kappa shape index (κ3) is 9.76. The summed E-state index contributed by atoms with van der Waals surface area (Å²) in [6.07, 6.45) is -0.921. The van der Waals surface area contributed by atoms with Crippen molar-refractivity contribution in [3.05, 3.63) is 0 Å². The first-order valence-electron chi connectivity index (χ1n) is 4.55. The second-order valence-electron chi connectivity index (χ2n) is 4.51.